The van der Waals surface area contributed by atoms with Crippen molar-refractivity contribution in [3.05, 3.63) is 15.9 Å². The standard InChI is InChI=1S/C10H17BrN2O/c1-5-7(2)14-6-9-10(11)8(3)12-13(9)4/h7H,5-6H2,1-4H3. The second kappa shape index (κ2) is 4.94. The Hall–Kier alpha value is -0.350. The lowest BCUT2D eigenvalue weighted by atomic mass is 10.3. The van der Waals surface area contributed by atoms with Gasteiger partial charge in [0, 0.05) is 7.05 Å². The first-order chi connectivity index (χ1) is 6.56. The highest BCUT2D eigenvalue weighted by Gasteiger charge is 2.11. The quantitative estimate of drug-likeness (QED) is 0.833. The van der Waals surface area contributed by atoms with Gasteiger partial charge in [0.15, 0.2) is 0 Å². The Morgan fingerprint density at radius 3 is 2.64 bits per heavy atom. The molecule has 14 heavy (non-hydrogen) atoms. The number of halogens is 1. The molecule has 0 radical (unpaired) electrons. The Morgan fingerprint density at radius 1 is 1.57 bits per heavy atom. The molecule has 1 aromatic heterocycles. The van der Waals surface area contributed by atoms with Crippen molar-refractivity contribution in [3.63, 3.8) is 0 Å². The van der Waals surface area contributed by atoms with Crippen LogP contribution < -0.4 is 0 Å². The zero-order chi connectivity index (χ0) is 10.7. The summed E-state index contributed by atoms with van der Waals surface area (Å²) < 4.78 is 8.58. The van der Waals surface area contributed by atoms with E-state index in [1.54, 1.807) is 0 Å². The predicted molar refractivity (Wildman–Crippen MR) is 60.2 cm³/mol. The van der Waals surface area contributed by atoms with E-state index < -0.39 is 0 Å². The van der Waals surface area contributed by atoms with Crippen molar-refractivity contribution in [2.24, 2.45) is 7.05 Å². The number of nitrogens with zero attached hydrogens (tertiary/aromatic N) is 2. The van der Waals surface area contributed by atoms with Gasteiger partial charge in [-0.25, -0.2) is 0 Å². The average Bonchev–Trinajstić information content (AvgIpc) is 2.39. The van der Waals surface area contributed by atoms with Gasteiger partial charge in [-0.3, -0.25) is 4.68 Å². The first-order valence-corrected chi connectivity index (χ1v) is 5.65. The topological polar surface area (TPSA) is 27.1 Å². The summed E-state index contributed by atoms with van der Waals surface area (Å²) in [5, 5.41) is 4.30. The molecular weight excluding hydrogens is 244 g/mol. The fourth-order valence-electron chi connectivity index (χ4n) is 1.18. The van der Waals surface area contributed by atoms with Crippen molar-refractivity contribution in [2.75, 3.05) is 0 Å². The Balaban J connectivity index is 2.67. The van der Waals surface area contributed by atoms with Crippen LogP contribution in [-0.2, 0) is 18.4 Å². The van der Waals surface area contributed by atoms with Gasteiger partial charge in [-0.1, -0.05) is 6.92 Å². The van der Waals surface area contributed by atoms with Gasteiger partial charge in [-0.05, 0) is 36.2 Å². The van der Waals surface area contributed by atoms with E-state index in [0.717, 1.165) is 22.3 Å². The largest absolute Gasteiger partial charge is 0.372 e. The summed E-state index contributed by atoms with van der Waals surface area (Å²) in [5.74, 6) is 0. The van der Waals surface area contributed by atoms with Crippen molar-refractivity contribution in [2.45, 2.75) is 39.9 Å². The molecule has 1 aromatic rings. The third kappa shape index (κ3) is 2.58. The third-order valence-electron chi connectivity index (χ3n) is 2.34. The van der Waals surface area contributed by atoms with Crippen LogP contribution in [0.15, 0.2) is 4.47 Å². The van der Waals surface area contributed by atoms with E-state index >= 15 is 0 Å². The van der Waals surface area contributed by atoms with Crippen LogP contribution in [0.1, 0.15) is 31.7 Å². The average molecular weight is 261 g/mol. The molecule has 0 aliphatic heterocycles. The van der Waals surface area contributed by atoms with Gasteiger partial charge in [0.2, 0.25) is 0 Å². The Kier molecular flexibility index (Phi) is 4.13. The molecule has 80 valence electrons. The summed E-state index contributed by atoms with van der Waals surface area (Å²) >= 11 is 3.51. The number of hydrogen-bond acceptors (Lipinski definition) is 2. The van der Waals surface area contributed by atoms with Gasteiger partial charge in [-0.2, -0.15) is 5.10 Å². The minimum Gasteiger partial charge on any atom is -0.372 e. The minimum absolute atomic E-state index is 0.303. The van der Waals surface area contributed by atoms with E-state index in [-0.39, 0.29) is 0 Å². The zero-order valence-electron chi connectivity index (χ0n) is 9.17. The van der Waals surface area contributed by atoms with Crippen molar-refractivity contribution in [1.29, 1.82) is 0 Å². The summed E-state index contributed by atoms with van der Waals surface area (Å²) in [4.78, 5) is 0. The van der Waals surface area contributed by atoms with Crippen LogP contribution >= 0.6 is 15.9 Å². The molecule has 0 aliphatic carbocycles. The van der Waals surface area contributed by atoms with Crippen LogP contribution in [0.25, 0.3) is 0 Å². The summed E-state index contributed by atoms with van der Waals surface area (Å²) in [6.45, 7) is 6.80. The predicted octanol–water partition coefficient (Wildman–Crippen LogP) is 2.81. The van der Waals surface area contributed by atoms with Crippen molar-refractivity contribution < 1.29 is 4.74 Å². The number of hydrogen-bond donors (Lipinski definition) is 0. The number of aromatic nitrogens is 2. The molecule has 0 fully saturated rings. The molecule has 0 saturated heterocycles. The van der Waals surface area contributed by atoms with Crippen molar-refractivity contribution >= 4 is 15.9 Å². The lowest BCUT2D eigenvalue weighted by Gasteiger charge is -2.10. The van der Waals surface area contributed by atoms with Gasteiger partial charge >= 0.3 is 0 Å². The number of rotatable bonds is 4. The Labute approximate surface area is 93.6 Å². The second-order valence-corrected chi connectivity index (χ2v) is 4.29. The van der Waals surface area contributed by atoms with E-state index in [2.05, 4.69) is 34.9 Å². The Bertz CT molecular complexity index is 309. The van der Waals surface area contributed by atoms with E-state index in [1.165, 1.54) is 0 Å². The second-order valence-electron chi connectivity index (χ2n) is 3.50. The summed E-state index contributed by atoms with van der Waals surface area (Å²) in [5.41, 5.74) is 2.11. The molecule has 0 aliphatic rings. The SMILES string of the molecule is CCC(C)OCc1c(Br)c(C)nn1C. The van der Waals surface area contributed by atoms with Gasteiger partial charge in [0.25, 0.3) is 0 Å². The lowest BCUT2D eigenvalue weighted by molar-refractivity contribution is 0.0468. The van der Waals surface area contributed by atoms with E-state index in [0.29, 0.717) is 12.7 Å². The summed E-state index contributed by atoms with van der Waals surface area (Å²) in [6, 6.07) is 0. The third-order valence-corrected chi connectivity index (χ3v) is 3.37. The smallest absolute Gasteiger partial charge is 0.0899 e. The van der Waals surface area contributed by atoms with Gasteiger partial charge in [0.1, 0.15) is 0 Å². The van der Waals surface area contributed by atoms with Crippen molar-refractivity contribution in [3.8, 4) is 0 Å². The van der Waals surface area contributed by atoms with Crippen LogP contribution in [0.2, 0.25) is 0 Å². The maximum Gasteiger partial charge on any atom is 0.0899 e. The maximum absolute atomic E-state index is 5.66. The van der Waals surface area contributed by atoms with Crippen LogP contribution in [0.3, 0.4) is 0 Å². The highest BCUT2D eigenvalue weighted by atomic mass is 79.9. The highest BCUT2D eigenvalue weighted by molar-refractivity contribution is 9.10. The van der Waals surface area contributed by atoms with Crippen LogP contribution in [-0.4, -0.2) is 15.9 Å². The summed E-state index contributed by atoms with van der Waals surface area (Å²) in [6.07, 6.45) is 1.34. The van der Waals surface area contributed by atoms with E-state index in [1.807, 2.05) is 18.7 Å². The van der Waals surface area contributed by atoms with Crippen molar-refractivity contribution in [1.82, 2.24) is 9.78 Å². The fourth-order valence-corrected chi connectivity index (χ4v) is 1.63. The Morgan fingerprint density at radius 2 is 2.21 bits per heavy atom. The molecule has 1 heterocycles. The number of ether oxygens (including phenoxy) is 1. The van der Waals surface area contributed by atoms with Gasteiger partial charge < -0.3 is 4.74 Å². The molecule has 0 N–H and O–H groups in total. The molecule has 0 spiro atoms. The van der Waals surface area contributed by atoms with Gasteiger partial charge in [-0.15, -0.1) is 0 Å². The van der Waals surface area contributed by atoms with Crippen LogP contribution in [0.5, 0.6) is 0 Å². The maximum atomic E-state index is 5.66. The normalized spacial score (nSPS) is 13.2. The molecule has 4 heteroatoms. The molecule has 3 nitrogen and oxygen atoms in total. The van der Waals surface area contributed by atoms with Gasteiger partial charge in [0.05, 0.1) is 28.6 Å². The zero-order valence-corrected chi connectivity index (χ0v) is 10.8. The van der Waals surface area contributed by atoms with Crippen LogP contribution in [0.4, 0.5) is 0 Å². The highest BCUT2D eigenvalue weighted by Crippen LogP contribution is 2.21. The van der Waals surface area contributed by atoms with Crippen LogP contribution in [0, 0.1) is 6.92 Å². The molecule has 0 saturated carbocycles. The monoisotopic (exact) mass is 260 g/mol. The molecular formula is C10H17BrN2O. The van der Waals surface area contributed by atoms with E-state index in [4.69, 9.17) is 4.74 Å². The molecule has 0 amide bonds. The molecule has 0 aromatic carbocycles. The fraction of sp³-hybridized carbons (Fsp3) is 0.700. The minimum atomic E-state index is 0.303. The first kappa shape index (κ1) is 11.7. The molecule has 0 bridgehead atoms. The summed E-state index contributed by atoms with van der Waals surface area (Å²) in [7, 11) is 1.94. The van der Waals surface area contributed by atoms with E-state index in [9.17, 15) is 0 Å². The first-order valence-electron chi connectivity index (χ1n) is 4.85. The molecule has 1 unspecified atom stereocenters. The molecule has 1 atom stereocenters. The molecule has 1 rings (SSSR count). The number of aryl methyl sites for hydroxylation is 2. The lowest BCUT2D eigenvalue weighted by Crippen LogP contribution is -2.09.